The van der Waals surface area contributed by atoms with Crippen LogP contribution in [0.1, 0.15) is 6.92 Å². The molecule has 1 rings (SSSR count). The quantitative estimate of drug-likeness (QED) is 0.758. The molecule has 0 radical (unpaired) electrons. The second kappa shape index (κ2) is 7.35. The summed E-state index contributed by atoms with van der Waals surface area (Å²) in [6, 6.07) is 3.37. The first kappa shape index (κ1) is 17.4. The van der Waals surface area contributed by atoms with E-state index in [0.717, 1.165) is 0 Å². The molecule has 0 aliphatic heterocycles. The van der Waals surface area contributed by atoms with Crippen LogP contribution in [0.2, 0.25) is 0 Å². The molecule has 4 nitrogen and oxygen atoms in total. The molecule has 0 spiro atoms. The summed E-state index contributed by atoms with van der Waals surface area (Å²) in [7, 11) is 0. The summed E-state index contributed by atoms with van der Waals surface area (Å²) < 4.78 is 41.4. The van der Waals surface area contributed by atoms with E-state index in [1.807, 2.05) is 0 Å². The second-order valence-corrected chi connectivity index (χ2v) is 5.00. The van der Waals surface area contributed by atoms with Gasteiger partial charge in [0.15, 0.2) is 5.75 Å². The van der Waals surface area contributed by atoms with Crippen molar-refractivity contribution in [3.63, 3.8) is 0 Å². The Hall–Kier alpha value is -1.70. The van der Waals surface area contributed by atoms with Gasteiger partial charge in [0, 0.05) is 11.0 Å². The molecular weight excluding hydrogens is 353 g/mol. The van der Waals surface area contributed by atoms with E-state index in [9.17, 15) is 18.0 Å². The van der Waals surface area contributed by atoms with Crippen molar-refractivity contribution in [2.75, 3.05) is 11.9 Å². The number of rotatable bonds is 6. The van der Waals surface area contributed by atoms with Crippen LogP contribution in [0.5, 0.6) is 5.75 Å². The maximum absolute atomic E-state index is 12.4. The van der Waals surface area contributed by atoms with E-state index in [0.29, 0.717) is 4.47 Å². The standard InChI is InChI=1S/C13H14BrF3N2O2/c1-3-6-18-12(20)8(2)19-10-5-4-9(14)7-11(10)21-13(15,16)17/h3-5,7-8,19H,1,6H2,2H3,(H,18,20). The monoisotopic (exact) mass is 366 g/mol. The lowest BCUT2D eigenvalue weighted by Gasteiger charge is -2.18. The fourth-order valence-corrected chi connectivity index (χ4v) is 1.79. The number of carbonyl (C=O) groups is 1. The SMILES string of the molecule is C=CCNC(=O)C(C)Nc1ccc(Br)cc1OC(F)(F)F. The van der Waals surface area contributed by atoms with E-state index in [2.05, 4.69) is 37.9 Å². The molecule has 0 aromatic heterocycles. The molecule has 0 fully saturated rings. The van der Waals surface area contributed by atoms with Crippen LogP contribution >= 0.6 is 15.9 Å². The lowest BCUT2D eigenvalue weighted by Crippen LogP contribution is -2.37. The lowest BCUT2D eigenvalue weighted by molar-refractivity contribution is -0.274. The largest absolute Gasteiger partial charge is 0.573 e. The first-order valence-electron chi connectivity index (χ1n) is 5.93. The molecule has 1 amide bonds. The molecule has 0 saturated heterocycles. The van der Waals surface area contributed by atoms with E-state index in [1.54, 1.807) is 6.07 Å². The summed E-state index contributed by atoms with van der Waals surface area (Å²) in [4.78, 5) is 11.7. The number of hydrogen-bond donors (Lipinski definition) is 2. The second-order valence-electron chi connectivity index (χ2n) is 4.09. The zero-order chi connectivity index (χ0) is 16.0. The number of alkyl halides is 3. The van der Waals surface area contributed by atoms with Gasteiger partial charge in [0.2, 0.25) is 5.91 Å². The molecule has 1 aromatic rings. The van der Waals surface area contributed by atoms with Gasteiger partial charge in [0.05, 0.1) is 5.69 Å². The molecule has 1 unspecified atom stereocenters. The Labute approximate surface area is 128 Å². The van der Waals surface area contributed by atoms with Crippen LogP contribution in [0.3, 0.4) is 0 Å². The van der Waals surface area contributed by atoms with Crippen molar-refractivity contribution in [2.24, 2.45) is 0 Å². The van der Waals surface area contributed by atoms with Crippen molar-refractivity contribution in [2.45, 2.75) is 19.3 Å². The van der Waals surface area contributed by atoms with E-state index in [1.165, 1.54) is 25.1 Å². The third kappa shape index (κ3) is 6.07. The predicted molar refractivity (Wildman–Crippen MR) is 77.1 cm³/mol. The number of carbonyl (C=O) groups excluding carboxylic acids is 1. The number of nitrogens with one attached hydrogen (secondary N) is 2. The summed E-state index contributed by atoms with van der Waals surface area (Å²) in [5, 5.41) is 5.22. The van der Waals surface area contributed by atoms with E-state index < -0.39 is 18.2 Å². The van der Waals surface area contributed by atoms with Crippen LogP contribution in [0, 0.1) is 0 Å². The van der Waals surface area contributed by atoms with Crippen molar-refractivity contribution in [1.82, 2.24) is 5.32 Å². The topological polar surface area (TPSA) is 50.4 Å². The Kier molecular flexibility index (Phi) is 6.07. The summed E-state index contributed by atoms with van der Waals surface area (Å²) in [5.41, 5.74) is 0.0665. The smallest absolute Gasteiger partial charge is 0.404 e. The molecule has 0 heterocycles. The molecular formula is C13H14BrF3N2O2. The maximum atomic E-state index is 12.4. The van der Waals surface area contributed by atoms with Crippen LogP contribution in [-0.4, -0.2) is 24.9 Å². The van der Waals surface area contributed by atoms with Gasteiger partial charge in [-0.2, -0.15) is 0 Å². The Bertz CT molecular complexity index is 521. The van der Waals surface area contributed by atoms with Gasteiger partial charge in [-0.1, -0.05) is 22.0 Å². The highest BCUT2D eigenvalue weighted by atomic mass is 79.9. The van der Waals surface area contributed by atoms with Gasteiger partial charge in [0.25, 0.3) is 0 Å². The first-order chi connectivity index (χ1) is 9.73. The number of hydrogen-bond acceptors (Lipinski definition) is 3. The van der Waals surface area contributed by atoms with E-state index >= 15 is 0 Å². The number of amides is 1. The summed E-state index contributed by atoms with van der Waals surface area (Å²) in [6.45, 7) is 5.26. The lowest BCUT2D eigenvalue weighted by atomic mass is 10.2. The van der Waals surface area contributed by atoms with Crippen molar-refractivity contribution in [1.29, 1.82) is 0 Å². The van der Waals surface area contributed by atoms with Gasteiger partial charge in [-0.3, -0.25) is 4.79 Å². The van der Waals surface area contributed by atoms with Gasteiger partial charge >= 0.3 is 6.36 Å². The van der Waals surface area contributed by atoms with Gasteiger partial charge in [-0.25, -0.2) is 0 Å². The third-order valence-electron chi connectivity index (χ3n) is 2.36. The fourth-order valence-electron chi connectivity index (χ4n) is 1.45. The van der Waals surface area contributed by atoms with Crippen LogP contribution < -0.4 is 15.4 Å². The minimum Gasteiger partial charge on any atom is -0.404 e. The number of anilines is 1. The van der Waals surface area contributed by atoms with Crippen molar-refractivity contribution in [3.8, 4) is 5.75 Å². The molecule has 116 valence electrons. The number of ether oxygens (including phenoxy) is 1. The fraction of sp³-hybridized carbons (Fsp3) is 0.308. The molecule has 0 saturated carbocycles. The summed E-state index contributed by atoms with van der Waals surface area (Å²) >= 11 is 3.07. The predicted octanol–water partition coefficient (Wildman–Crippen LogP) is 3.45. The zero-order valence-corrected chi connectivity index (χ0v) is 12.7. The first-order valence-corrected chi connectivity index (χ1v) is 6.72. The molecule has 1 atom stereocenters. The summed E-state index contributed by atoms with van der Waals surface area (Å²) in [6.07, 6.45) is -3.31. The minimum atomic E-state index is -4.81. The maximum Gasteiger partial charge on any atom is 0.573 e. The molecule has 2 N–H and O–H groups in total. The van der Waals surface area contributed by atoms with Crippen LogP contribution in [0.25, 0.3) is 0 Å². The van der Waals surface area contributed by atoms with Gasteiger partial charge in [-0.05, 0) is 25.1 Å². The number of halogens is 4. The van der Waals surface area contributed by atoms with Crippen molar-refractivity contribution >= 4 is 27.5 Å². The minimum absolute atomic E-state index is 0.0665. The normalized spacial score (nSPS) is 12.4. The molecule has 0 aliphatic carbocycles. The highest BCUT2D eigenvalue weighted by molar-refractivity contribution is 9.10. The Morgan fingerprint density at radius 3 is 2.76 bits per heavy atom. The van der Waals surface area contributed by atoms with Crippen molar-refractivity contribution in [3.05, 3.63) is 35.3 Å². The van der Waals surface area contributed by atoms with Crippen LogP contribution in [0.4, 0.5) is 18.9 Å². The average molecular weight is 367 g/mol. The molecule has 21 heavy (non-hydrogen) atoms. The van der Waals surface area contributed by atoms with Gasteiger partial charge < -0.3 is 15.4 Å². The highest BCUT2D eigenvalue weighted by Crippen LogP contribution is 2.33. The Morgan fingerprint density at radius 2 is 2.19 bits per heavy atom. The van der Waals surface area contributed by atoms with Crippen molar-refractivity contribution < 1.29 is 22.7 Å². The molecule has 8 heteroatoms. The third-order valence-corrected chi connectivity index (χ3v) is 2.85. The highest BCUT2D eigenvalue weighted by Gasteiger charge is 2.32. The van der Waals surface area contributed by atoms with Crippen LogP contribution in [-0.2, 0) is 4.79 Å². The van der Waals surface area contributed by atoms with Gasteiger partial charge in [0.1, 0.15) is 6.04 Å². The summed E-state index contributed by atoms with van der Waals surface area (Å²) in [5.74, 6) is -0.781. The van der Waals surface area contributed by atoms with E-state index in [-0.39, 0.29) is 18.1 Å². The molecule has 1 aromatic carbocycles. The van der Waals surface area contributed by atoms with E-state index in [4.69, 9.17) is 0 Å². The van der Waals surface area contributed by atoms with Gasteiger partial charge in [-0.15, -0.1) is 19.8 Å². The average Bonchev–Trinajstić information content (AvgIpc) is 2.37. The Morgan fingerprint density at radius 1 is 1.52 bits per heavy atom. The molecule has 0 bridgehead atoms. The Balaban J connectivity index is 2.87. The zero-order valence-electron chi connectivity index (χ0n) is 11.1. The molecule has 0 aliphatic rings. The van der Waals surface area contributed by atoms with Crippen LogP contribution in [0.15, 0.2) is 35.3 Å². The number of benzene rings is 1.